The molecule has 0 unspecified atom stereocenters. The van der Waals surface area contributed by atoms with E-state index >= 15 is 0 Å². The minimum absolute atomic E-state index is 0.0132. The summed E-state index contributed by atoms with van der Waals surface area (Å²) in [6.07, 6.45) is 0.587. The number of hydrogen-bond acceptors (Lipinski definition) is 6. The third-order valence-electron chi connectivity index (χ3n) is 6.72. The van der Waals surface area contributed by atoms with E-state index in [0.29, 0.717) is 17.7 Å². The van der Waals surface area contributed by atoms with Crippen LogP contribution in [0, 0.1) is 0 Å². The van der Waals surface area contributed by atoms with Crippen LogP contribution in [0.3, 0.4) is 0 Å². The van der Waals surface area contributed by atoms with Gasteiger partial charge in [-0.15, -0.1) is 0 Å². The van der Waals surface area contributed by atoms with Crippen LogP contribution in [0.5, 0.6) is 5.75 Å². The summed E-state index contributed by atoms with van der Waals surface area (Å²) in [5.74, 6) is -0.552. The molecule has 0 aromatic heterocycles. The Kier molecular flexibility index (Phi) is 5.55. The van der Waals surface area contributed by atoms with Gasteiger partial charge in [0.1, 0.15) is 12.3 Å². The Bertz CT molecular complexity index is 1250. The van der Waals surface area contributed by atoms with Crippen molar-refractivity contribution < 1.29 is 27.5 Å². The molecule has 2 saturated heterocycles. The standard InChI is InChI=1S/C24H25N3O6S/c28-21(26(14-17-6-2-1-3-7-17)18-10-13-34(31,32)16-18)15-27-22(29)24(25-23(27)30)11-12-33-20-9-5-4-8-19(20)24/h1-9,18H,10-16H2,(H,25,30)/t18-,24-/m1/s1. The molecule has 34 heavy (non-hydrogen) atoms. The minimum Gasteiger partial charge on any atom is -0.493 e. The number of sulfone groups is 1. The Morgan fingerprint density at radius 1 is 1.12 bits per heavy atom. The molecule has 3 aliphatic rings. The van der Waals surface area contributed by atoms with Crippen LogP contribution in [0.15, 0.2) is 54.6 Å². The van der Waals surface area contributed by atoms with Crippen LogP contribution in [-0.2, 0) is 31.5 Å². The summed E-state index contributed by atoms with van der Waals surface area (Å²) in [6.45, 7) is -0.00493. The van der Waals surface area contributed by atoms with Gasteiger partial charge in [0.15, 0.2) is 15.4 Å². The first kappa shape index (κ1) is 22.4. The third kappa shape index (κ3) is 3.91. The summed E-state index contributed by atoms with van der Waals surface area (Å²) in [5.41, 5.74) is 0.137. The first-order chi connectivity index (χ1) is 16.3. The zero-order valence-electron chi connectivity index (χ0n) is 18.5. The molecule has 3 heterocycles. The normalized spacial score (nSPS) is 25.1. The summed E-state index contributed by atoms with van der Waals surface area (Å²) in [6, 6.07) is 15.1. The molecule has 2 aromatic rings. The highest BCUT2D eigenvalue weighted by atomic mass is 32.2. The maximum absolute atomic E-state index is 13.5. The maximum Gasteiger partial charge on any atom is 0.325 e. The van der Waals surface area contributed by atoms with Gasteiger partial charge in [-0.05, 0) is 18.1 Å². The molecule has 4 amide bonds. The van der Waals surface area contributed by atoms with Gasteiger partial charge in [-0.1, -0.05) is 48.5 Å². The molecule has 5 rings (SSSR count). The van der Waals surface area contributed by atoms with Crippen LogP contribution in [0.25, 0.3) is 0 Å². The third-order valence-corrected chi connectivity index (χ3v) is 8.47. The number of benzene rings is 2. The molecule has 0 radical (unpaired) electrons. The highest BCUT2D eigenvalue weighted by Gasteiger charge is 2.55. The molecule has 2 fully saturated rings. The molecular weight excluding hydrogens is 458 g/mol. The Balaban J connectivity index is 1.40. The fourth-order valence-corrected chi connectivity index (χ4v) is 6.69. The van der Waals surface area contributed by atoms with E-state index in [2.05, 4.69) is 5.32 Å². The number of urea groups is 1. The van der Waals surface area contributed by atoms with E-state index in [9.17, 15) is 22.8 Å². The van der Waals surface area contributed by atoms with Crippen molar-refractivity contribution in [2.75, 3.05) is 24.7 Å². The van der Waals surface area contributed by atoms with Gasteiger partial charge in [0.25, 0.3) is 5.91 Å². The maximum atomic E-state index is 13.5. The zero-order chi connectivity index (χ0) is 23.9. The Morgan fingerprint density at radius 3 is 2.59 bits per heavy atom. The second-order valence-corrected chi connectivity index (χ2v) is 11.1. The Morgan fingerprint density at radius 2 is 1.85 bits per heavy atom. The van der Waals surface area contributed by atoms with Crippen molar-refractivity contribution in [1.82, 2.24) is 15.1 Å². The van der Waals surface area contributed by atoms with Crippen LogP contribution in [0.1, 0.15) is 24.0 Å². The number of carbonyl (C=O) groups excluding carboxylic acids is 3. The molecule has 0 saturated carbocycles. The van der Waals surface area contributed by atoms with Crippen LogP contribution < -0.4 is 10.1 Å². The number of imide groups is 1. The summed E-state index contributed by atoms with van der Waals surface area (Å²) >= 11 is 0. The quantitative estimate of drug-likeness (QED) is 0.644. The summed E-state index contributed by atoms with van der Waals surface area (Å²) < 4.78 is 29.9. The number of nitrogens with zero attached hydrogens (tertiary/aromatic N) is 2. The number of carbonyl (C=O) groups is 3. The van der Waals surface area contributed by atoms with Gasteiger partial charge in [0.05, 0.1) is 18.1 Å². The van der Waals surface area contributed by atoms with Crippen molar-refractivity contribution in [2.45, 2.75) is 31.0 Å². The van der Waals surface area contributed by atoms with Gasteiger partial charge in [-0.25, -0.2) is 13.2 Å². The van der Waals surface area contributed by atoms with Crippen molar-refractivity contribution in [3.05, 3.63) is 65.7 Å². The average molecular weight is 484 g/mol. The largest absolute Gasteiger partial charge is 0.493 e. The van der Waals surface area contributed by atoms with E-state index in [4.69, 9.17) is 4.74 Å². The highest BCUT2D eigenvalue weighted by molar-refractivity contribution is 7.91. The molecule has 178 valence electrons. The SMILES string of the molecule is O=C1N[C@@]2(CCOc3ccccc32)C(=O)N1CC(=O)N(Cc1ccccc1)[C@@H]1CCS(=O)(=O)C1. The van der Waals surface area contributed by atoms with Crippen molar-refractivity contribution in [3.8, 4) is 5.75 Å². The number of hydrogen-bond donors (Lipinski definition) is 1. The van der Waals surface area contributed by atoms with Gasteiger partial charge < -0.3 is 15.0 Å². The fourth-order valence-electron chi connectivity index (χ4n) is 4.96. The van der Waals surface area contributed by atoms with Crippen LogP contribution in [0.4, 0.5) is 4.79 Å². The topological polar surface area (TPSA) is 113 Å². The van der Waals surface area contributed by atoms with Crippen molar-refractivity contribution >= 4 is 27.7 Å². The van der Waals surface area contributed by atoms with Crippen LogP contribution in [0.2, 0.25) is 0 Å². The molecule has 1 spiro atoms. The number of para-hydroxylation sites is 1. The molecule has 9 nitrogen and oxygen atoms in total. The Labute approximate surface area is 197 Å². The lowest BCUT2D eigenvalue weighted by Gasteiger charge is -2.33. The van der Waals surface area contributed by atoms with E-state index in [1.165, 1.54) is 4.90 Å². The number of rotatable bonds is 5. The average Bonchev–Trinajstić information content (AvgIpc) is 3.30. The lowest BCUT2D eigenvalue weighted by Crippen LogP contribution is -2.49. The van der Waals surface area contributed by atoms with Gasteiger partial charge in [-0.3, -0.25) is 14.5 Å². The first-order valence-electron chi connectivity index (χ1n) is 11.2. The molecule has 2 atom stereocenters. The van der Waals surface area contributed by atoms with Crippen molar-refractivity contribution in [2.24, 2.45) is 0 Å². The van der Waals surface area contributed by atoms with E-state index in [1.54, 1.807) is 24.3 Å². The molecule has 0 bridgehead atoms. The van der Waals surface area contributed by atoms with E-state index < -0.39 is 45.8 Å². The smallest absolute Gasteiger partial charge is 0.325 e. The molecule has 0 aliphatic carbocycles. The fraction of sp³-hybridized carbons (Fsp3) is 0.375. The molecule has 3 aliphatic heterocycles. The molecule has 10 heteroatoms. The Hall–Kier alpha value is -3.40. The summed E-state index contributed by atoms with van der Waals surface area (Å²) in [7, 11) is -3.24. The lowest BCUT2D eigenvalue weighted by atomic mass is 9.84. The van der Waals surface area contributed by atoms with E-state index in [0.717, 1.165) is 10.5 Å². The second-order valence-electron chi connectivity index (χ2n) is 8.89. The number of nitrogens with one attached hydrogen (secondary N) is 1. The second kappa shape index (κ2) is 8.43. The predicted octanol–water partition coefficient (Wildman–Crippen LogP) is 1.43. The van der Waals surface area contributed by atoms with E-state index in [-0.39, 0.29) is 31.1 Å². The first-order valence-corrected chi connectivity index (χ1v) is 13.0. The van der Waals surface area contributed by atoms with Crippen molar-refractivity contribution in [1.29, 1.82) is 0 Å². The molecule has 2 aromatic carbocycles. The van der Waals surface area contributed by atoms with Crippen LogP contribution >= 0.6 is 0 Å². The zero-order valence-corrected chi connectivity index (χ0v) is 19.3. The molecular formula is C24H25N3O6S. The molecule has 1 N–H and O–H groups in total. The number of ether oxygens (including phenoxy) is 1. The minimum atomic E-state index is -3.24. The lowest BCUT2D eigenvalue weighted by molar-refractivity contribution is -0.141. The van der Waals surface area contributed by atoms with Gasteiger partial charge >= 0.3 is 6.03 Å². The number of fused-ring (bicyclic) bond motifs is 2. The van der Waals surface area contributed by atoms with Gasteiger partial charge in [0, 0.05) is 24.6 Å². The summed E-state index contributed by atoms with van der Waals surface area (Å²) in [5, 5.41) is 2.79. The van der Waals surface area contributed by atoms with Gasteiger partial charge in [0.2, 0.25) is 5.91 Å². The highest BCUT2D eigenvalue weighted by Crippen LogP contribution is 2.41. The summed E-state index contributed by atoms with van der Waals surface area (Å²) in [4.78, 5) is 42.3. The van der Waals surface area contributed by atoms with Crippen molar-refractivity contribution in [3.63, 3.8) is 0 Å². The number of amides is 4. The monoisotopic (exact) mass is 483 g/mol. The van der Waals surface area contributed by atoms with Crippen LogP contribution in [-0.4, -0.2) is 66.8 Å². The van der Waals surface area contributed by atoms with Gasteiger partial charge in [-0.2, -0.15) is 0 Å². The predicted molar refractivity (Wildman–Crippen MR) is 123 cm³/mol. The van der Waals surface area contributed by atoms with E-state index in [1.807, 2.05) is 30.3 Å².